The zero-order valence-electron chi connectivity index (χ0n) is 5.44. The monoisotopic (exact) mass is 144 g/mol. The van der Waals surface area contributed by atoms with Gasteiger partial charge in [0.05, 0.1) is 5.92 Å². The van der Waals surface area contributed by atoms with E-state index in [9.17, 15) is 9.59 Å². The molecular formula is C6H8O4. The SMILES string of the molecule is CC(/C=C/C(=O)O)C(=O)O. The van der Waals surface area contributed by atoms with Gasteiger partial charge in [0.2, 0.25) is 0 Å². The summed E-state index contributed by atoms with van der Waals surface area (Å²) in [6.07, 6.45) is 1.93. The average Bonchev–Trinajstić information content (AvgIpc) is 1.82. The Morgan fingerprint density at radius 2 is 1.90 bits per heavy atom. The van der Waals surface area contributed by atoms with E-state index in [0.717, 1.165) is 12.2 Å². The van der Waals surface area contributed by atoms with Gasteiger partial charge in [-0.1, -0.05) is 6.08 Å². The van der Waals surface area contributed by atoms with E-state index in [1.165, 1.54) is 6.92 Å². The van der Waals surface area contributed by atoms with E-state index in [1.807, 2.05) is 0 Å². The Morgan fingerprint density at radius 1 is 1.40 bits per heavy atom. The second-order valence-electron chi connectivity index (χ2n) is 1.82. The second-order valence-corrected chi connectivity index (χ2v) is 1.82. The molecule has 56 valence electrons. The van der Waals surface area contributed by atoms with Crippen LogP contribution in [0.1, 0.15) is 6.92 Å². The minimum atomic E-state index is -1.13. The van der Waals surface area contributed by atoms with Gasteiger partial charge >= 0.3 is 11.9 Å². The fourth-order valence-corrected chi connectivity index (χ4v) is 0.309. The number of hydrogen-bond donors (Lipinski definition) is 2. The van der Waals surface area contributed by atoms with Crippen LogP contribution in [0.15, 0.2) is 12.2 Å². The van der Waals surface area contributed by atoms with Crippen molar-refractivity contribution in [3.05, 3.63) is 12.2 Å². The molecule has 10 heavy (non-hydrogen) atoms. The van der Waals surface area contributed by atoms with Gasteiger partial charge in [-0.3, -0.25) is 4.79 Å². The van der Waals surface area contributed by atoms with Crippen molar-refractivity contribution in [2.24, 2.45) is 5.92 Å². The molecule has 0 saturated heterocycles. The lowest BCUT2D eigenvalue weighted by Gasteiger charge is -1.94. The molecule has 0 fully saturated rings. The normalized spacial score (nSPS) is 13.3. The van der Waals surface area contributed by atoms with Crippen LogP contribution < -0.4 is 0 Å². The van der Waals surface area contributed by atoms with Crippen LogP contribution in [-0.4, -0.2) is 22.2 Å². The molecule has 4 heteroatoms. The summed E-state index contributed by atoms with van der Waals surface area (Å²) >= 11 is 0. The van der Waals surface area contributed by atoms with Gasteiger partial charge in [-0.25, -0.2) is 4.79 Å². The lowest BCUT2D eigenvalue weighted by atomic mass is 10.2. The van der Waals surface area contributed by atoms with E-state index in [4.69, 9.17) is 10.2 Å². The van der Waals surface area contributed by atoms with Crippen molar-refractivity contribution in [1.29, 1.82) is 0 Å². The highest BCUT2D eigenvalue weighted by atomic mass is 16.4. The van der Waals surface area contributed by atoms with Crippen molar-refractivity contribution in [2.45, 2.75) is 6.92 Å². The lowest BCUT2D eigenvalue weighted by Crippen LogP contribution is -2.06. The van der Waals surface area contributed by atoms with Crippen LogP contribution in [0.4, 0.5) is 0 Å². The van der Waals surface area contributed by atoms with E-state index in [-0.39, 0.29) is 0 Å². The molecule has 0 aliphatic carbocycles. The predicted octanol–water partition coefficient (Wildman–Crippen LogP) is 0.348. The molecule has 0 aliphatic heterocycles. The topological polar surface area (TPSA) is 74.6 Å². The molecule has 0 rings (SSSR count). The van der Waals surface area contributed by atoms with Crippen LogP contribution in [-0.2, 0) is 9.59 Å². The number of hydrogen-bond acceptors (Lipinski definition) is 2. The molecule has 1 atom stereocenters. The predicted molar refractivity (Wildman–Crippen MR) is 33.6 cm³/mol. The molecule has 0 amide bonds. The fourth-order valence-electron chi connectivity index (χ4n) is 0.309. The molecule has 4 nitrogen and oxygen atoms in total. The Bertz CT molecular complexity index is 171. The molecule has 0 bridgehead atoms. The van der Waals surface area contributed by atoms with Crippen molar-refractivity contribution >= 4 is 11.9 Å². The second kappa shape index (κ2) is 3.66. The molecular weight excluding hydrogens is 136 g/mol. The summed E-state index contributed by atoms with van der Waals surface area (Å²) in [5.74, 6) is -2.90. The van der Waals surface area contributed by atoms with E-state index >= 15 is 0 Å². The van der Waals surface area contributed by atoms with Crippen molar-refractivity contribution in [3.63, 3.8) is 0 Å². The number of carboxylic acid groups (broad SMARTS) is 2. The molecule has 0 heterocycles. The smallest absolute Gasteiger partial charge is 0.328 e. The third-order valence-corrected chi connectivity index (χ3v) is 0.917. The quantitative estimate of drug-likeness (QED) is 0.560. The lowest BCUT2D eigenvalue weighted by molar-refractivity contribution is -0.139. The van der Waals surface area contributed by atoms with Gasteiger partial charge in [0.25, 0.3) is 0 Å². The van der Waals surface area contributed by atoms with Gasteiger partial charge in [0.15, 0.2) is 0 Å². The summed E-state index contributed by atoms with van der Waals surface area (Å²) in [4.78, 5) is 19.9. The summed E-state index contributed by atoms with van der Waals surface area (Å²) in [7, 11) is 0. The molecule has 1 unspecified atom stereocenters. The van der Waals surface area contributed by atoms with Crippen molar-refractivity contribution in [2.75, 3.05) is 0 Å². The molecule has 0 radical (unpaired) electrons. The van der Waals surface area contributed by atoms with Crippen molar-refractivity contribution in [1.82, 2.24) is 0 Å². The maximum absolute atomic E-state index is 10.1. The Labute approximate surface area is 57.8 Å². The summed E-state index contributed by atoms with van der Waals surface area (Å²) in [5.41, 5.74) is 0. The minimum Gasteiger partial charge on any atom is -0.481 e. The third-order valence-electron chi connectivity index (χ3n) is 0.917. The van der Waals surface area contributed by atoms with Crippen LogP contribution in [0.5, 0.6) is 0 Å². The molecule has 0 aromatic heterocycles. The zero-order valence-corrected chi connectivity index (χ0v) is 5.44. The van der Waals surface area contributed by atoms with Gasteiger partial charge < -0.3 is 10.2 Å². The van der Waals surface area contributed by atoms with Gasteiger partial charge in [-0.2, -0.15) is 0 Å². The number of carbonyl (C=O) groups is 2. The molecule has 0 spiro atoms. The number of carboxylic acids is 2. The van der Waals surface area contributed by atoms with Crippen molar-refractivity contribution < 1.29 is 19.8 Å². The molecule has 0 aromatic rings. The van der Waals surface area contributed by atoms with Crippen molar-refractivity contribution in [3.8, 4) is 0 Å². The maximum Gasteiger partial charge on any atom is 0.328 e. The average molecular weight is 144 g/mol. The first-order valence-corrected chi connectivity index (χ1v) is 2.68. The number of rotatable bonds is 3. The Kier molecular flexibility index (Phi) is 3.17. The van der Waals surface area contributed by atoms with E-state index in [2.05, 4.69) is 0 Å². The highest BCUT2D eigenvalue weighted by Crippen LogP contribution is 1.95. The third kappa shape index (κ3) is 3.65. The zero-order chi connectivity index (χ0) is 8.15. The first-order chi connectivity index (χ1) is 4.54. The van der Waals surface area contributed by atoms with Crippen LogP contribution in [0, 0.1) is 5.92 Å². The van der Waals surface area contributed by atoms with Crippen LogP contribution >= 0.6 is 0 Å². The summed E-state index contributed by atoms with van der Waals surface area (Å²) < 4.78 is 0. The van der Waals surface area contributed by atoms with Gasteiger partial charge in [0.1, 0.15) is 0 Å². The van der Waals surface area contributed by atoms with E-state index in [0.29, 0.717) is 0 Å². The van der Waals surface area contributed by atoms with Gasteiger partial charge in [-0.15, -0.1) is 0 Å². The molecule has 0 saturated carbocycles. The van der Waals surface area contributed by atoms with Crippen LogP contribution in [0.3, 0.4) is 0 Å². The Balaban J connectivity index is 3.89. The summed E-state index contributed by atoms with van der Waals surface area (Å²) in [6.45, 7) is 1.40. The standard InChI is InChI=1S/C6H8O4/c1-4(6(9)10)2-3-5(7)8/h2-4H,1H3,(H,7,8)(H,9,10)/b3-2+. The largest absolute Gasteiger partial charge is 0.481 e. The van der Waals surface area contributed by atoms with Gasteiger partial charge in [-0.05, 0) is 6.92 Å². The molecule has 0 aliphatic rings. The first-order valence-electron chi connectivity index (χ1n) is 2.68. The molecule has 0 aromatic carbocycles. The minimum absolute atomic E-state index is 0.740. The number of aliphatic carboxylic acids is 2. The maximum atomic E-state index is 10.1. The molecule has 2 N–H and O–H groups in total. The first kappa shape index (κ1) is 8.68. The van der Waals surface area contributed by atoms with Crippen LogP contribution in [0.2, 0.25) is 0 Å². The summed E-state index contributed by atoms with van der Waals surface area (Å²) in [6, 6.07) is 0. The Morgan fingerprint density at radius 3 is 2.20 bits per heavy atom. The fraction of sp³-hybridized carbons (Fsp3) is 0.333. The van der Waals surface area contributed by atoms with Crippen LogP contribution in [0.25, 0.3) is 0 Å². The van der Waals surface area contributed by atoms with E-state index in [1.54, 1.807) is 0 Å². The Hall–Kier alpha value is -1.32. The summed E-state index contributed by atoms with van der Waals surface area (Å²) in [5, 5.41) is 16.3. The van der Waals surface area contributed by atoms with Gasteiger partial charge in [0, 0.05) is 6.08 Å². The van der Waals surface area contributed by atoms with E-state index < -0.39 is 17.9 Å². The highest BCUT2D eigenvalue weighted by molar-refractivity contribution is 5.81. The highest BCUT2D eigenvalue weighted by Gasteiger charge is 2.05.